The number of nitrogens with one attached hydrogen (secondary N) is 2. The van der Waals surface area contributed by atoms with Crippen LogP contribution in [0.4, 0.5) is 5.82 Å². The molecule has 0 saturated heterocycles. The summed E-state index contributed by atoms with van der Waals surface area (Å²) >= 11 is 1.72. The number of aromatic amines is 1. The molecule has 4 aromatic rings. The first kappa shape index (κ1) is 19.2. The second-order valence-corrected chi connectivity index (χ2v) is 8.52. The molecule has 0 spiro atoms. The molecule has 0 radical (unpaired) electrons. The number of anilines is 1. The number of fused-ring (bicyclic) bond motifs is 1. The second-order valence-electron chi connectivity index (χ2n) is 7.57. The molecule has 31 heavy (non-hydrogen) atoms. The lowest BCUT2D eigenvalue weighted by Crippen LogP contribution is -2.08. The van der Waals surface area contributed by atoms with E-state index in [1.165, 1.54) is 16.0 Å². The summed E-state index contributed by atoms with van der Waals surface area (Å²) in [6, 6.07) is 13.9. The van der Waals surface area contributed by atoms with Crippen molar-refractivity contribution < 1.29 is 0 Å². The van der Waals surface area contributed by atoms with Crippen LogP contribution < -0.4 is 5.73 Å². The Labute approximate surface area is 184 Å². The fourth-order valence-corrected chi connectivity index (χ4v) is 4.57. The van der Waals surface area contributed by atoms with E-state index in [-0.39, 0.29) is 0 Å². The van der Waals surface area contributed by atoms with E-state index in [1.54, 1.807) is 23.7 Å². The molecule has 0 atom stereocenters. The van der Waals surface area contributed by atoms with Gasteiger partial charge < -0.3 is 10.7 Å². The van der Waals surface area contributed by atoms with Gasteiger partial charge in [-0.2, -0.15) is 0 Å². The number of nitrogens with zero attached hydrogens (tertiary/aromatic N) is 2. The van der Waals surface area contributed by atoms with Crippen molar-refractivity contribution in [2.45, 2.75) is 13.3 Å². The molecule has 0 saturated carbocycles. The van der Waals surface area contributed by atoms with Crippen LogP contribution in [0.5, 0.6) is 0 Å². The van der Waals surface area contributed by atoms with Gasteiger partial charge in [0.1, 0.15) is 5.82 Å². The minimum atomic E-state index is 0.322. The Morgan fingerprint density at radius 1 is 1.13 bits per heavy atom. The van der Waals surface area contributed by atoms with Gasteiger partial charge in [-0.1, -0.05) is 29.9 Å². The summed E-state index contributed by atoms with van der Waals surface area (Å²) in [5.41, 5.74) is 14.1. The summed E-state index contributed by atoms with van der Waals surface area (Å²) < 4.78 is 0. The molecule has 0 unspecified atom stereocenters. The molecule has 1 aliphatic carbocycles. The summed E-state index contributed by atoms with van der Waals surface area (Å²) in [6.07, 6.45) is 8.60. The van der Waals surface area contributed by atoms with E-state index in [0.29, 0.717) is 17.1 Å². The minimum absolute atomic E-state index is 0.322. The molecule has 0 aromatic carbocycles. The monoisotopic (exact) mass is 423 g/mol. The van der Waals surface area contributed by atoms with E-state index in [1.807, 2.05) is 24.3 Å². The summed E-state index contributed by atoms with van der Waals surface area (Å²) in [4.78, 5) is 13.4. The van der Waals surface area contributed by atoms with Crippen molar-refractivity contribution in [2.75, 3.05) is 5.73 Å². The van der Waals surface area contributed by atoms with Crippen LogP contribution in [0, 0.1) is 5.41 Å². The minimum Gasteiger partial charge on any atom is -0.383 e. The number of rotatable bonds is 4. The number of thiophene rings is 1. The van der Waals surface area contributed by atoms with Gasteiger partial charge in [0.15, 0.2) is 0 Å². The van der Waals surface area contributed by atoms with Crippen molar-refractivity contribution in [2.24, 2.45) is 0 Å². The van der Waals surface area contributed by atoms with Gasteiger partial charge in [0.05, 0.1) is 17.1 Å². The third-order valence-corrected chi connectivity index (χ3v) is 6.29. The molecule has 4 N–H and O–H groups in total. The summed E-state index contributed by atoms with van der Waals surface area (Å²) in [5, 5.41) is 11.0. The first-order chi connectivity index (χ1) is 15.1. The molecular formula is C25H21N5S. The highest BCUT2D eigenvalue weighted by atomic mass is 32.1. The molecule has 0 aliphatic heterocycles. The van der Waals surface area contributed by atoms with Crippen LogP contribution in [0.2, 0.25) is 0 Å². The van der Waals surface area contributed by atoms with Crippen LogP contribution in [0.3, 0.4) is 0 Å². The molecule has 0 bridgehead atoms. The van der Waals surface area contributed by atoms with Gasteiger partial charge in [0, 0.05) is 51.6 Å². The van der Waals surface area contributed by atoms with E-state index in [2.05, 4.69) is 57.6 Å². The zero-order chi connectivity index (χ0) is 21.4. The Morgan fingerprint density at radius 3 is 2.81 bits per heavy atom. The first-order valence-electron chi connectivity index (χ1n) is 10.00. The van der Waals surface area contributed by atoms with Crippen molar-refractivity contribution in [3.8, 4) is 11.3 Å². The Bertz CT molecular complexity index is 1330. The van der Waals surface area contributed by atoms with Gasteiger partial charge in [0.2, 0.25) is 0 Å². The van der Waals surface area contributed by atoms with E-state index >= 15 is 0 Å². The topological polar surface area (TPSA) is 91.4 Å². The van der Waals surface area contributed by atoms with Gasteiger partial charge in [-0.3, -0.25) is 10.4 Å². The van der Waals surface area contributed by atoms with Crippen LogP contribution in [-0.4, -0.2) is 20.7 Å². The lowest BCUT2D eigenvalue weighted by atomic mass is 10.0. The Kier molecular flexibility index (Phi) is 4.84. The summed E-state index contributed by atoms with van der Waals surface area (Å²) in [6.45, 7) is 2.13. The number of hydrogen-bond acceptors (Lipinski definition) is 5. The van der Waals surface area contributed by atoms with Crippen LogP contribution in [0.15, 0.2) is 78.0 Å². The zero-order valence-electron chi connectivity index (χ0n) is 17.0. The average Bonchev–Trinajstić information content (AvgIpc) is 3.43. The number of nitrogen functional groups attached to an aromatic ring is 1. The van der Waals surface area contributed by atoms with E-state index in [9.17, 15) is 0 Å². The third kappa shape index (κ3) is 3.62. The SMILES string of the molecule is CC1=CC=C(c2cccs2)c2cc(C(=N)c3cc(-c4ccccn4)cnc3N)[nH]c2C1. The molecule has 0 amide bonds. The molecule has 5 rings (SSSR count). The highest BCUT2D eigenvalue weighted by molar-refractivity contribution is 7.11. The van der Waals surface area contributed by atoms with Crippen LogP contribution in [0.25, 0.3) is 16.8 Å². The Balaban J connectivity index is 1.57. The normalized spacial score (nSPS) is 13.2. The summed E-state index contributed by atoms with van der Waals surface area (Å²) in [7, 11) is 0. The number of pyridine rings is 2. The second kappa shape index (κ2) is 7.81. The number of hydrogen-bond donors (Lipinski definition) is 3. The predicted octanol–water partition coefficient (Wildman–Crippen LogP) is 5.47. The fourth-order valence-electron chi connectivity index (χ4n) is 3.81. The van der Waals surface area contributed by atoms with Gasteiger partial charge in [-0.05, 0) is 42.6 Å². The van der Waals surface area contributed by atoms with E-state index in [0.717, 1.165) is 34.6 Å². The molecule has 1 aliphatic rings. The van der Waals surface area contributed by atoms with Gasteiger partial charge in [-0.25, -0.2) is 4.98 Å². The number of nitrogens with two attached hydrogens (primary N) is 1. The average molecular weight is 424 g/mol. The molecule has 6 heteroatoms. The maximum Gasteiger partial charge on any atom is 0.132 e. The zero-order valence-corrected chi connectivity index (χ0v) is 17.8. The van der Waals surface area contributed by atoms with Gasteiger partial charge in [-0.15, -0.1) is 11.3 Å². The highest BCUT2D eigenvalue weighted by Crippen LogP contribution is 2.34. The fraction of sp³-hybridized carbons (Fsp3) is 0.0800. The summed E-state index contributed by atoms with van der Waals surface area (Å²) in [5.74, 6) is 0.333. The van der Waals surface area contributed by atoms with Crippen LogP contribution in [-0.2, 0) is 6.42 Å². The van der Waals surface area contributed by atoms with Crippen molar-refractivity contribution >= 4 is 28.4 Å². The van der Waals surface area contributed by atoms with Crippen molar-refractivity contribution in [1.29, 1.82) is 5.41 Å². The number of aromatic nitrogens is 3. The maximum atomic E-state index is 8.89. The molecular weight excluding hydrogens is 402 g/mol. The van der Waals surface area contributed by atoms with E-state index < -0.39 is 0 Å². The Hall–Kier alpha value is -3.77. The van der Waals surface area contributed by atoms with Gasteiger partial charge in [0.25, 0.3) is 0 Å². The van der Waals surface area contributed by atoms with Crippen LogP contribution in [0.1, 0.15) is 34.3 Å². The predicted molar refractivity (Wildman–Crippen MR) is 127 cm³/mol. The lowest BCUT2D eigenvalue weighted by Gasteiger charge is -2.08. The Morgan fingerprint density at radius 2 is 2.03 bits per heavy atom. The van der Waals surface area contributed by atoms with Crippen molar-refractivity contribution in [3.63, 3.8) is 0 Å². The van der Waals surface area contributed by atoms with Crippen molar-refractivity contribution in [3.05, 3.63) is 105 Å². The van der Waals surface area contributed by atoms with Gasteiger partial charge >= 0.3 is 0 Å². The molecule has 5 nitrogen and oxygen atoms in total. The quantitative estimate of drug-likeness (QED) is 0.380. The standard InChI is InChI=1S/C25H21N5S/c1-15-7-8-17(23-6-4-10-31-23)18-13-22(30-21(18)11-15)24(26)19-12-16(14-29-25(19)27)20-5-2-3-9-28-20/h2-10,12-14,26,30H,11H2,1H3,(H2,27,29). The smallest absolute Gasteiger partial charge is 0.132 e. The number of H-pyrrole nitrogens is 1. The molecule has 152 valence electrons. The maximum absolute atomic E-state index is 8.89. The first-order valence-corrected chi connectivity index (χ1v) is 10.9. The molecule has 4 aromatic heterocycles. The number of allylic oxidation sites excluding steroid dienone is 3. The largest absolute Gasteiger partial charge is 0.383 e. The molecule has 4 heterocycles. The van der Waals surface area contributed by atoms with Crippen LogP contribution >= 0.6 is 11.3 Å². The van der Waals surface area contributed by atoms with Crippen molar-refractivity contribution in [1.82, 2.24) is 15.0 Å². The highest BCUT2D eigenvalue weighted by Gasteiger charge is 2.20. The lowest BCUT2D eigenvalue weighted by molar-refractivity contribution is 1.07. The third-order valence-electron chi connectivity index (χ3n) is 5.38. The molecule has 0 fully saturated rings. The van der Waals surface area contributed by atoms with E-state index in [4.69, 9.17) is 11.1 Å².